The average molecular weight is 474 g/mol. The van der Waals surface area contributed by atoms with Gasteiger partial charge in [0.1, 0.15) is 0 Å². The van der Waals surface area contributed by atoms with Crippen LogP contribution in [0.3, 0.4) is 0 Å². The number of fused-ring (bicyclic) bond motifs is 3. The largest absolute Gasteiger partial charge is 0.289 e. The number of aromatic nitrogens is 4. The van der Waals surface area contributed by atoms with Gasteiger partial charge in [0.05, 0.1) is 16.8 Å². The summed E-state index contributed by atoms with van der Waals surface area (Å²) in [6.07, 6.45) is 2.70. The van der Waals surface area contributed by atoms with E-state index in [9.17, 15) is 4.79 Å². The zero-order chi connectivity index (χ0) is 22.7. The molecule has 6 rings (SSSR count). The third-order valence-electron chi connectivity index (χ3n) is 6.17. The van der Waals surface area contributed by atoms with E-state index in [4.69, 9.17) is 16.6 Å². The number of nitrogens with zero attached hydrogens (tertiary/aromatic N) is 4. The van der Waals surface area contributed by atoms with Crippen LogP contribution in [0, 0.1) is 13.8 Å². The van der Waals surface area contributed by atoms with Crippen molar-refractivity contribution in [1.82, 2.24) is 19.6 Å². The van der Waals surface area contributed by atoms with Crippen LogP contribution in [-0.2, 0) is 12.8 Å². The first-order valence-electron chi connectivity index (χ1n) is 10.8. The number of aryl methyl sites for hydroxylation is 3. The summed E-state index contributed by atoms with van der Waals surface area (Å²) in [4.78, 5) is 23.5. The summed E-state index contributed by atoms with van der Waals surface area (Å²) in [5, 5.41) is 10.9. The Hall–Kier alpha value is -3.29. The summed E-state index contributed by atoms with van der Waals surface area (Å²) in [6, 6.07) is 11.8. The molecule has 0 saturated heterocycles. The highest BCUT2D eigenvalue weighted by atomic mass is 35.5. The van der Waals surface area contributed by atoms with Crippen LogP contribution in [-0.4, -0.2) is 25.5 Å². The summed E-state index contributed by atoms with van der Waals surface area (Å²) >= 11 is 7.76. The second kappa shape index (κ2) is 7.64. The van der Waals surface area contributed by atoms with Gasteiger partial charge >= 0.3 is 0 Å². The third kappa shape index (κ3) is 3.39. The maximum Gasteiger partial charge on any atom is 0.259 e. The van der Waals surface area contributed by atoms with Gasteiger partial charge in [0.2, 0.25) is 4.96 Å². The number of anilines is 1. The zero-order valence-electron chi connectivity index (χ0n) is 18.1. The normalized spacial score (nSPS) is 13.1. The van der Waals surface area contributed by atoms with Gasteiger partial charge in [0.15, 0.2) is 0 Å². The molecule has 33 heavy (non-hydrogen) atoms. The predicted octanol–water partition coefficient (Wildman–Crippen LogP) is 6.02. The van der Waals surface area contributed by atoms with E-state index in [2.05, 4.69) is 47.4 Å². The number of hydrogen-bond acceptors (Lipinski definition) is 5. The lowest BCUT2D eigenvalue weighted by atomic mass is 10.0. The summed E-state index contributed by atoms with van der Waals surface area (Å²) in [7, 11) is 0. The highest BCUT2D eigenvalue weighted by Crippen LogP contribution is 2.33. The number of pyridine rings is 1. The lowest BCUT2D eigenvalue weighted by molar-refractivity contribution is 0.102. The monoisotopic (exact) mass is 473 g/mol. The van der Waals surface area contributed by atoms with Gasteiger partial charge in [-0.2, -0.15) is 4.98 Å². The number of carbonyl (C=O) groups excluding carboxylic acids is 1. The Kier molecular flexibility index (Phi) is 4.71. The van der Waals surface area contributed by atoms with Crippen LogP contribution in [0.4, 0.5) is 5.95 Å². The number of benzene rings is 2. The maximum absolute atomic E-state index is 13.5. The Balaban J connectivity index is 1.41. The standard InChI is InChI=1S/C25H20ClN5OS/c1-13-6-8-16(14(2)10-13)21-12-33-25-29-24(30-31(21)25)28-23(32)22-17-4-3-5-19(17)27-20-9-7-15(26)11-18(20)22/h6-12H,3-5H2,1-2H3,(H,28,30,32). The SMILES string of the molecule is Cc1ccc(-c2csc3nc(NC(=O)c4c5c(nc6ccc(Cl)cc46)CCC5)nn23)c(C)c1. The number of nitrogens with one attached hydrogen (secondary N) is 1. The van der Waals surface area contributed by atoms with Crippen LogP contribution in [0.1, 0.15) is 39.2 Å². The maximum atomic E-state index is 13.5. The molecule has 0 fully saturated rings. The van der Waals surface area contributed by atoms with Gasteiger partial charge in [-0.25, -0.2) is 4.52 Å². The topological polar surface area (TPSA) is 72.2 Å². The Morgan fingerprint density at radius 3 is 2.85 bits per heavy atom. The van der Waals surface area contributed by atoms with E-state index in [0.717, 1.165) is 57.6 Å². The molecule has 2 aromatic carbocycles. The van der Waals surface area contributed by atoms with Crippen molar-refractivity contribution in [3.8, 4) is 11.3 Å². The fourth-order valence-electron chi connectivity index (χ4n) is 4.68. The second-order valence-corrected chi connectivity index (χ2v) is 9.72. The summed E-state index contributed by atoms with van der Waals surface area (Å²) < 4.78 is 1.80. The molecule has 0 unspecified atom stereocenters. The van der Waals surface area contributed by atoms with Crippen molar-refractivity contribution in [3.05, 3.63) is 74.7 Å². The highest BCUT2D eigenvalue weighted by Gasteiger charge is 2.25. The van der Waals surface area contributed by atoms with Gasteiger partial charge in [0.25, 0.3) is 11.9 Å². The molecule has 1 aliphatic rings. The minimum atomic E-state index is -0.228. The molecule has 0 atom stereocenters. The number of thiazole rings is 1. The van der Waals surface area contributed by atoms with Gasteiger partial charge in [0, 0.05) is 27.0 Å². The lowest BCUT2D eigenvalue weighted by Crippen LogP contribution is -2.16. The molecule has 1 amide bonds. The van der Waals surface area contributed by atoms with E-state index in [0.29, 0.717) is 10.6 Å². The fraction of sp³-hybridized carbons (Fsp3) is 0.200. The number of amides is 1. The van der Waals surface area contributed by atoms with Crippen LogP contribution in [0.2, 0.25) is 5.02 Å². The molecule has 164 valence electrons. The van der Waals surface area contributed by atoms with Gasteiger partial charge in [-0.3, -0.25) is 15.1 Å². The molecular formula is C25H20ClN5OS. The minimum absolute atomic E-state index is 0.228. The molecule has 0 spiro atoms. The lowest BCUT2D eigenvalue weighted by Gasteiger charge is -2.12. The van der Waals surface area contributed by atoms with Crippen LogP contribution in [0.15, 0.2) is 41.8 Å². The molecule has 0 saturated carbocycles. The van der Waals surface area contributed by atoms with Crippen molar-refractivity contribution in [2.75, 3.05) is 5.32 Å². The zero-order valence-corrected chi connectivity index (χ0v) is 19.7. The summed E-state index contributed by atoms with van der Waals surface area (Å²) in [6.45, 7) is 4.17. The molecule has 3 heterocycles. The molecule has 1 aliphatic carbocycles. The van der Waals surface area contributed by atoms with Crippen LogP contribution in [0.5, 0.6) is 0 Å². The number of carbonyl (C=O) groups is 1. The third-order valence-corrected chi connectivity index (χ3v) is 7.22. The van der Waals surface area contributed by atoms with Crippen molar-refractivity contribution in [3.63, 3.8) is 0 Å². The van der Waals surface area contributed by atoms with Crippen molar-refractivity contribution in [2.24, 2.45) is 0 Å². The number of rotatable bonds is 3. The summed E-state index contributed by atoms with van der Waals surface area (Å²) in [5.41, 5.74) is 7.84. The minimum Gasteiger partial charge on any atom is -0.289 e. The number of hydrogen-bond donors (Lipinski definition) is 1. The summed E-state index contributed by atoms with van der Waals surface area (Å²) in [5.74, 6) is 0.0609. The Morgan fingerprint density at radius 1 is 1.12 bits per heavy atom. The van der Waals surface area contributed by atoms with Gasteiger partial charge in [-0.1, -0.05) is 35.4 Å². The fourth-order valence-corrected chi connectivity index (χ4v) is 5.67. The van der Waals surface area contributed by atoms with Crippen molar-refractivity contribution in [2.45, 2.75) is 33.1 Å². The molecule has 1 N–H and O–H groups in total. The molecule has 0 radical (unpaired) electrons. The molecule has 0 aliphatic heterocycles. The molecule has 8 heteroatoms. The van der Waals surface area contributed by atoms with E-state index in [-0.39, 0.29) is 11.9 Å². The van der Waals surface area contributed by atoms with Gasteiger partial charge < -0.3 is 0 Å². The van der Waals surface area contributed by atoms with Gasteiger partial charge in [-0.15, -0.1) is 16.4 Å². The van der Waals surface area contributed by atoms with Crippen molar-refractivity contribution >= 4 is 50.7 Å². The van der Waals surface area contributed by atoms with Crippen LogP contribution < -0.4 is 5.32 Å². The van der Waals surface area contributed by atoms with E-state index in [1.165, 1.54) is 22.5 Å². The Bertz CT molecular complexity index is 1590. The Labute approximate surface area is 199 Å². The highest BCUT2D eigenvalue weighted by molar-refractivity contribution is 7.15. The Morgan fingerprint density at radius 2 is 2.00 bits per heavy atom. The van der Waals surface area contributed by atoms with E-state index < -0.39 is 0 Å². The quantitative estimate of drug-likeness (QED) is 0.348. The average Bonchev–Trinajstić information content (AvgIpc) is 3.48. The first kappa shape index (κ1) is 20.3. The molecule has 6 nitrogen and oxygen atoms in total. The van der Waals surface area contributed by atoms with Crippen LogP contribution in [0.25, 0.3) is 27.1 Å². The smallest absolute Gasteiger partial charge is 0.259 e. The van der Waals surface area contributed by atoms with Gasteiger partial charge in [-0.05, 0) is 62.4 Å². The second-order valence-electron chi connectivity index (χ2n) is 8.45. The first-order chi connectivity index (χ1) is 16.0. The molecule has 0 bridgehead atoms. The van der Waals surface area contributed by atoms with Crippen LogP contribution >= 0.6 is 22.9 Å². The molecule has 3 aromatic heterocycles. The molecule has 5 aromatic rings. The van der Waals surface area contributed by atoms with Crippen molar-refractivity contribution in [1.29, 1.82) is 0 Å². The van der Waals surface area contributed by atoms with E-state index >= 15 is 0 Å². The van der Waals surface area contributed by atoms with E-state index in [1.54, 1.807) is 10.6 Å². The first-order valence-corrected chi connectivity index (χ1v) is 12.1. The van der Waals surface area contributed by atoms with Crippen molar-refractivity contribution < 1.29 is 4.79 Å². The van der Waals surface area contributed by atoms with E-state index in [1.807, 2.05) is 17.5 Å². The molecular weight excluding hydrogens is 454 g/mol. The number of halogens is 1. The predicted molar refractivity (Wildman–Crippen MR) is 133 cm³/mol.